The average Bonchev–Trinajstić information content (AvgIpc) is 3.01. The normalized spacial score (nSPS) is 12.5. The molecule has 0 spiro atoms. The molecule has 38 heavy (non-hydrogen) atoms. The number of nitrogens with zero attached hydrogens (tertiary/aromatic N) is 2. The number of hydrogen-bond acceptors (Lipinski definition) is 2. The average molecular weight is 513 g/mol. The van der Waals surface area contributed by atoms with Crippen LogP contribution in [0.25, 0.3) is 16.7 Å². The van der Waals surface area contributed by atoms with E-state index in [2.05, 4.69) is 132 Å². The van der Waals surface area contributed by atoms with Gasteiger partial charge in [-0.05, 0) is 91.9 Å². The molecule has 0 saturated heterocycles. The van der Waals surface area contributed by atoms with Gasteiger partial charge in [0, 0.05) is 30.5 Å². The van der Waals surface area contributed by atoms with Crippen LogP contribution in [-0.2, 0) is 0 Å². The molecule has 0 fully saturated rings. The van der Waals surface area contributed by atoms with E-state index in [1.54, 1.807) is 0 Å². The van der Waals surface area contributed by atoms with E-state index < -0.39 is 10.0 Å². The molecule has 0 aliphatic carbocycles. The number of aromatic nitrogens is 2. The molecule has 0 unspecified atom stereocenters. The van der Waals surface area contributed by atoms with E-state index >= 15 is 0 Å². The van der Waals surface area contributed by atoms with Crippen molar-refractivity contribution in [1.29, 1.82) is 0 Å². The van der Waals surface area contributed by atoms with Crippen molar-refractivity contribution < 1.29 is 0 Å². The molecule has 0 aliphatic heterocycles. The van der Waals surface area contributed by atoms with Gasteiger partial charge in [-0.2, -0.15) is 10.0 Å². The van der Waals surface area contributed by atoms with Crippen LogP contribution in [-0.4, -0.2) is 15.7 Å². The van der Waals surface area contributed by atoms with Crippen LogP contribution < -0.4 is 0 Å². The summed E-state index contributed by atoms with van der Waals surface area (Å²) < 4.78 is 0. The van der Waals surface area contributed by atoms with E-state index in [9.17, 15) is 0 Å². The molecule has 0 atom stereocenters. The summed E-state index contributed by atoms with van der Waals surface area (Å²) in [6, 6.07) is 39.3. The third-order valence-electron chi connectivity index (χ3n) is 6.61. The molecule has 0 N–H and O–H groups in total. The number of benzene rings is 3. The van der Waals surface area contributed by atoms with Crippen LogP contribution >= 0.6 is 10.0 Å². The Labute approximate surface area is 227 Å². The Bertz CT molecular complexity index is 1440. The molecular weight excluding hydrogens is 480 g/mol. The van der Waals surface area contributed by atoms with Crippen LogP contribution in [0.3, 0.4) is 0 Å². The maximum Gasteiger partial charge on any atom is 0.0346 e. The van der Waals surface area contributed by atoms with Gasteiger partial charge in [0.05, 0.1) is 0 Å². The fraction of sp³-hybridized carbons (Fsp3) is 0.0857. The van der Waals surface area contributed by atoms with Crippen LogP contribution in [0, 0.1) is 0 Å². The van der Waals surface area contributed by atoms with Crippen LogP contribution in [0.2, 0.25) is 0 Å². The summed E-state index contributed by atoms with van der Waals surface area (Å²) in [6.07, 6.45) is 15.4. The van der Waals surface area contributed by atoms with Crippen molar-refractivity contribution in [2.75, 3.05) is 5.75 Å². The highest BCUT2D eigenvalue weighted by atomic mass is 32.3. The van der Waals surface area contributed by atoms with Gasteiger partial charge in [-0.15, -0.1) is 0 Å². The third-order valence-corrected chi connectivity index (χ3v) is 10.5. The minimum atomic E-state index is -1.57. The second-order valence-electron chi connectivity index (χ2n) is 9.01. The van der Waals surface area contributed by atoms with Crippen molar-refractivity contribution in [3.05, 3.63) is 158 Å². The molecule has 0 amide bonds. The Morgan fingerprint density at radius 2 is 1.24 bits per heavy atom. The topological polar surface area (TPSA) is 25.8 Å². The summed E-state index contributed by atoms with van der Waals surface area (Å²) in [5, 5.41) is 0. The van der Waals surface area contributed by atoms with Gasteiger partial charge in [0.15, 0.2) is 0 Å². The molecule has 2 aromatic heterocycles. The standard InChI is InChI=1S/C35H32N2S/c1-2-12-29(31-13-9-24-36-27-31)15-11-26-38(33-16-5-3-6-17-33,34-18-7-4-8-19-34)35-22-20-30(21-23-35)32-14-10-25-37-28-32/h3-25,27-28H,2,26H2,1H3/b15-11-,29-12+. The minimum absolute atomic E-state index is 0.897. The highest BCUT2D eigenvalue weighted by Gasteiger charge is 2.30. The van der Waals surface area contributed by atoms with Gasteiger partial charge in [0.2, 0.25) is 0 Å². The lowest BCUT2D eigenvalue weighted by molar-refractivity contribution is 1.22. The van der Waals surface area contributed by atoms with E-state index in [1.165, 1.54) is 25.8 Å². The largest absolute Gasteiger partial charge is 0.264 e. The van der Waals surface area contributed by atoms with Crippen molar-refractivity contribution >= 4 is 15.6 Å². The van der Waals surface area contributed by atoms with Gasteiger partial charge in [-0.1, -0.05) is 85.8 Å². The monoisotopic (exact) mass is 512 g/mol. The smallest absolute Gasteiger partial charge is 0.0346 e. The molecule has 0 bridgehead atoms. The summed E-state index contributed by atoms with van der Waals surface area (Å²) >= 11 is 0. The van der Waals surface area contributed by atoms with E-state index in [4.69, 9.17) is 0 Å². The molecule has 188 valence electrons. The summed E-state index contributed by atoms with van der Waals surface area (Å²) in [5.41, 5.74) is 4.66. The Hall–Kier alpha value is -4.21. The van der Waals surface area contributed by atoms with Crippen LogP contribution in [0.1, 0.15) is 18.9 Å². The summed E-state index contributed by atoms with van der Waals surface area (Å²) in [7, 11) is -1.57. The van der Waals surface area contributed by atoms with E-state index in [1.807, 2.05) is 36.9 Å². The number of rotatable bonds is 9. The van der Waals surface area contributed by atoms with Crippen LogP contribution in [0.15, 0.2) is 167 Å². The molecule has 2 nitrogen and oxygen atoms in total. The fourth-order valence-corrected chi connectivity index (χ4v) is 8.39. The minimum Gasteiger partial charge on any atom is -0.264 e. The Kier molecular flexibility index (Phi) is 8.27. The van der Waals surface area contributed by atoms with Gasteiger partial charge in [-0.3, -0.25) is 9.97 Å². The maximum absolute atomic E-state index is 4.35. The first kappa shape index (κ1) is 25.4. The molecule has 3 aromatic carbocycles. The van der Waals surface area contributed by atoms with E-state index in [0.29, 0.717) is 0 Å². The predicted octanol–water partition coefficient (Wildman–Crippen LogP) is 9.48. The molecular formula is C35H32N2S. The lowest BCUT2D eigenvalue weighted by Gasteiger charge is -2.41. The number of allylic oxidation sites excluding steroid dienone is 3. The zero-order valence-electron chi connectivity index (χ0n) is 21.7. The van der Waals surface area contributed by atoms with Crippen molar-refractivity contribution in [1.82, 2.24) is 9.97 Å². The van der Waals surface area contributed by atoms with E-state index in [-0.39, 0.29) is 0 Å². The highest BCUT2D eigenvalue weighted by molar-refractivity contribution is 8.34. The fourth-order valence-electron chi connectivity index (χ4n) is 4.77. The van der Waals surface area contributed by atoms with Gasteiger partial charge < -0.3 is 0 Å². The van der Waals surface area contributed by atoms with Crippen molar-refractivity contribution in [2.24, 2.45) is 0 Å². The van der Waals surface area contributed by atoms with Crippen molar-refractivity contribution in [3.8, 4) is 11.1 Å². The second-order valence-corrected chi connectivity index (χ2v) is 12.2. The van der Waals surface area contributed by atoms with Crippen LogP contribution in [0.4, 0.5) is 0 Å². The zero-order valence-corrected chi connectivity index (χ0v) is 22.5. The first-order valence-corrected chi connectivity index (χ1v) is 14.8. The van der Waals surface area contributed by atoms with Crippen LogP contribution in [0.5, 0.6) is 0 Å². The lowest BCUT2D eigenvalue weighted by atomic mass is 10.1. The Morgan fingerprint density at radius 3 is 1.79 bits per heavy atom. The summed E-state index contributed by atoms with van der Waals surface area (Å²) in [5.74, 6) is 0.897. The molecule has 5 aromatic rings. The van der Waals surface area contributed by atoms with Gasteiger partial charge in [-0.25, -0.2) is 0 Å². The Balaban J connectivity index is 1.62. The van der Waals surface area contributed by atoms with Crippen molar-refractivity contribution in [2.45, 2.75) is 28.0 Å². The van der Waals surface area contributed by atoms with Gasteiger partial charge in [0.1, 0.15) is 0 Å². The quantitative estimate of drug-likeness (QED) is 0.184. The van der Waals surface area contributed by atoms with Crippen molar-refractivity contribution in [3.63, 3.8) is 0 Å². The SMILES string of the molecule is CC/C=C(\C=C/CS(c1ccccc1)(c1ccccc1)c1ccc(-c2cccnc2)cc1)c1cccnc1. The molecule has 5 rings (SSSR count). The molecule has 2 heterocycles. The number of pyridine rings is 2. The number of hydrogen-bond donors (Lipinski definition) is 0. The second kappa shape index (κ2) is 12.4. The summed E-state index contributed by atoms with van der Waals surface area (Å²) in [6.45, 7) is 2.18. The first-order valence-electron chi connectivity index (χ1n) is 13.0. The summed E-state index contributed by atoms with van der Waals surface area (Å²) in [4.78, 5) is 12.7. The zero-order chi connectivity index (χ0) is 26.0. The molecule has 3 heteroatoms. The maximum atomic E-state index is 4.35. The Morgan fingerprint density at radius 1 is 0.632 bits per heavy atom. The molecule has 0 saturated carbocycles. The highest BCUT2D eigenvalue weighted by Crippen LogP contribution is 2.68. The van der Waals surface area contributed by atoms with Gasteiger partial charge in [0.25, 0.3) is 0 Å². The molecule has 0 aliphatic rings. The predicted molar refractivity (Wildman–Crippen MR) is 161 cm³/mol. The third kappa shape index (κ3) is 5.53. The molecule has 0 radical (unpaired) electrons. The van der Waals surface area contributed by atoms with Gasteiger partial charge >= 0.3 is 0 Å². The van der Waals surface area contributed by atoms with E-state index in [0.717, 1.165) is 23.3 Å². The first-order chi connectivity index (χ1) is 18.8. The lowest BCUT2D eigenvalue weighted by Crippen LogP contribution is -2.07.